The topological polar surface area (TPSA) is 56.3 Å². The van der Waals surface area contributed by atoms with Crippen molar-refractivity contribution in [3.05, 3.63) is 0 Å². The third kappa shape index (κ3) is 4.57. The zero-order chi connectivity index (χ0) is 19.4. The minimum atomic E-state index is -0.0688. The maximum Gasteiger partial charge on any atom is 0.319 e. The Morgan fingerprint density at radius 1 is 1.00 bits per heavy atom. The Labute approximate surface area is 163 Å². The molecule has 1 atom stereocenters. The minimum Gasteiger partial charge on any atom is -0.375 e. The molecule has 0 aliphatic carbocycles. The predicted molar refractivity (Wildman–Crippen MR) is 105 cm³/mol. The van der Waals surface area contributed by atoms with Gasteiger partial charge >= 0.3 is 6.03 Å². The lowest BCUT2D eigenvalue weighted by atomic mass is 9.81. The number of carbonyl (C=O) groups is 2. The summed E-state index contributed by atoms with van der Waals surface area (Å²) in [7, 11) is 0. The number of piperazine rings is 1. The van der Waals surface area contributed by atoms with Crippen molar-refractivity contribution < 1.29 is 14.3 Å². The van der Waals surface area contributed by atoms with E-state index in [0.717, 1.165) is 84.6 Å². The highest BCUT2D eigenvalue weighted by molar-refractivity contribution is 5.74. The second kappa shape index (κ2) is 8.78. The highest BCUT2D eigenvalue weighted by atomic mass is 16.5. The van der Waals surface area contributed by atoms with Gasteiger partial charge in [0.25, 0.3) is 0 Å². The molecule has 154 valence electrons. The van der Waals surface area contributed by atoms with E-state index in [-0.39, 0.29) is 17.5 Å². The van der Waals surface area contributed by atoms with Crippen molar-refractivity contribution >= 4 is 11.9 Å². The number of amides is 3. The molecule has 0 aromatic heterocycles. The van der Waals surface area contributed by atoms with Crippen LogP contribution in [0.1, 0.15) is 46.5 Å². The number of rotatable bonds is 3. The zero-order valence-corrected chi connectivity index (χ0v) is 17.3. The van der Waals surface area contributed by atoms with Gasteiger partial charge in [0.1, 0.15) is 0 Å². The van der Waals surface area contributed by atoms with E-state index in [0.29, 0.717) is 6.04 Å². The number of piperidine rings is 1. The van der Waals surface area contributed by atoms with Crippen LogP contribution >= 0.6 is 0 Å². The van der Waals surface area contributed by atoms with Crippen LogP contribution in [-0.4, -0.2) is 102 Å². The molecular formula is C20H36N4O3. The highest BCUT2D eigenvalue weighted by Crippen LogP contribution is 2.37. The van der Waals surface area contributed by atoms with Gasteiger partial charge in [0.2, 0.25) is 5.91 Å². The van der Waals surface area contributed by atoms with E-state index in [9.17, 15) is 9.59 Å². The summed E-state index contributed by atoms with van der Waals surface area (Å²) in [6, 6.07) is 0.709. The fourth-order valence-electron chi connectivity index (χ4n) is 4.86. The fraction of sp³-hybridized carbons (Fsp3) is 0.900. The van der Waals surface area contributed by atoms with Gasteiger partial charge in [-0.25, -0.2) is 4.79 Å². The van der Waals surface area contributed by atoms with E-state index in [4.69, 9.17) is 4.74 Å². The van der Waals surface area contributed by atoms with Crippen LogP contribution in [0.25, 0.3) is 0 Å². The summed E-state index contributed by atoms with van der Waals surface area (Å²) < 4.78 is 6.29. The van der Waals surface area contributed by atoms with E-state index in [1.165, 1.54) is 0 Å². The summed E-state index contributed by atoms with van der Waals surface area (Å²) in [4.78, 5) is 32.5. The quantitative estimate of drug-likeness (QED) is 0.747. The molecule has 0 radical (unpaired) electrons. The van der Waals surface area contributed by atoms with E-state index in [1.54, 1.807) is 6.92 Å². The smallest absolute Gasteiger partial charge is 0.319 e. The molecule has 0 bridgehead atoms. The van der Waals surface area contributed by atoms with Crippen molar-refractivity contribution in [2.24, 2.45) is 0 Å². The second-order valence-electron chi connectivity index (χ2n) is 8.16. The maximum atomic E-state index is 12.6. The molecule has 3 heterocycles. The first-order chi connectivity index (χ1) is 13.0. The molecule has 3 rings (SSSR count). The van der Waals surface area contributed by atoms with Crippen molar-refractivity contribution in [2.75, 3.05) is 59.0 Å². The highest BCUT2D eigenvalue weighted by Gasteiger charge is 2.43. The van der Waals surface area contributed by atoms with Gasteiger partial charge < -0.3 is 19.4 Å². The van der Waals surface area contributed by atoms with Crippen LogP contribution in [0.15, 0.2) is 0 Å². The SMILES string of the molecule is CCN(CC)C(=O)N1CCC2(CC1)CC(N1CCN(C(C)=O)CC1)CCO2. The van der Waals surface area contributed by atoms with Gasteiger partial charge in [0, 0.05) is 71.9 Å². The molecule has 3 saturated heterocycles. The van der Waals surface area contributed by atoms with E-state index >= 15 is 0 Å². The Balaban J connectivity index is 1.53. The van der Waals surface area contributed by atoms with Crippen LogP contribution in [0.2, 0.25) is 0 Å². The summed E-state index contributed by atoms with van der Waals surface area (Å²) >= 11 is 0. The number of likely N-dealkylation sites (tertiary alicyclic amines) is 1. The Morgan fingerprint density at radius 2 is 1.63 bits per heavy atom. The fourth-order valence-corrected chi connectivity index (χ4v) is 4.86. The first-order valence-electron chi connectivity index (χ1n) is 10.7. The molecule has 3 aliphatic heterocycles. The number of carbonyl (C=O) groups excluding carboxylic acids is 2. The number of hydrogen-bond acceptors (Lipinski definition) is 4. The lowest BCUT2D eigenvalue weighted by molar-refractivity contribution is -0.139. The molecule has 3 amide bonds. The van der Waals surface area contributed by atoms with E-state index in [1.807, 2.05) is 28.5 Å². The monoisotopic (exact) mass is 380 g/mol. The van der Waals surface area contributed by atoms with Crippen LogP contribution in [0, 0.1) is 0 Å². The second-order valence-corrected chi connectivity index (χ2v) is 8.16. The minimum absolute atomic E-state index is 0.0688. The van der Waals surface area contributed by atoms with Crippen LogP contribution < -0.4 is 0 Å². The number of nitrogens with zero attached hydrogens (tertiary/aromatic N) is 4. The molecule has 3 aliphatic rings. The lowest BCUT2D eigenvalue weighted by Gasteiger charge is -2.50. The van der Waals surface area contributed by atoms with Crippen molar-refractivity contribution in [1.29, 1.82) is 0 Å². The van der Waals surface area contributed by atoms with Gasteiger partial charge in [0.15, 0.2) is 0 Å². The van der Waals surface area contributed by atoms with Crippen molar-refractivity contribution in [3.63, 3.8) is 0 Å². The summed E-state index contributed by atoms with van der Waals surface area (Å²) in [5.41, 5.74) is -0.0688. The van der Waals surface area contributed by atoms with Crippen molar-refractivity contribution in [3.8, 4) is 0 Å². The molecule has 3 fully saturated rings. The standard InChI is InChI=1S/C20H36N4O3/c1-4-21(5-2)19(26)24-9-7-20(8-10-24)16-18(6-15-27-20)23-13-11-22(12-14-23)17(3)25/h18H,4-16H2,1-3H3. The molecule has 0 aromatic rings. The molecule has 0 saturated carbocycles. The third-order valence-electron chi connectivity index (χ3n) is 6.72. The van der Waals surface area contributed by atoms with Gasteiger partial charge in [0.05, 0.1) is 5.60 Å². The molecule has 1 spiro atoms. The maximum absolute atomic E-state index is 12.6. The average molecular weight is 381 g/mol. The molecule has 7 heteroatoms. The number of ether oxygens (including phenoxy) is 1. The summed E-state index contributed by atoms with van der Waals surface area (Å²) in [5, 5.41) is 0. The Hall–Kier alpha value is -1.34. The molecular weight excluding hydrogens is 344 g/mol. The van der Waals surface area contributed by atoms with E-state index in [2.05, 4.69) is 4.90 Å². The van der Waals surface area contributed by atoms with Gasteiger partial charge in [-0.1, -0.05) is 0 Å². The van der Waals surface area contributed by atoms with Gasteiger partial charge in [-0.05, 0) is 39.5 Å². The average Bonchev–Trinajstić information content (AvgIpc) is 2.69. The van der Waals surface area contributed by atoms with Gasteiger partial charge in [-0.15, -0.1) is 0 Å². The van der Waals surface area contributed by atoms with Crippen molar-refractivity contribution in [2.45, 2.75) is 58.1 Å². The van der Waals surface area contributed by atoms with Crippen LogP contribution in [0.4, 0.5) is 4.79 Å². The molecule has 7 nitrogen and oxygen atoms in total. The zero-order valence-electron chi connectivity index (χ0n) is 17.3. The first-order valence-corrected chi connectivity index (χ1v) is 10.7. The first kappa shape index (κ1) is 20.4. The number of hydrogen-bond donors (Lipinski definition) is 0. The van der Waals surface area contributed by atoms with Crippen molar-refractivity contribution in [1.82, 2.24) is 19.6 Å². The molecule has 0 aromatic carbocycles. The third-order valence-corrected chi connectivity index (χ3v) is 6.72. The summed E-state index contributed by atoms with van der Waals surface area (Å²) in [5.74, 6) is 0.184. The van der Waals surface area contributed by atoms with Gasteiger partial charge in [-0.2, -0.15) is 0 Å². The summed E-state index contributed by atoms with van der Waals surface area (Å²) in [6.45, 7) is 13.3. The van der Waals surface area contributed by atoms with E-state index < -0.39 is 0 Å². The Morgan fingerprint density at radius 3 is 2.19 bits per heavy atom. The lowest BCUT2D eigenvalue weighted by Crippen LogP contribution is -2.58. The molecule has 0 N–H and O–H groups in total. The Kier molecular flexibility index (Phi) is 6.63. The summed E-state index contributed by atoms with van der Waals surface area (Å²) in [6.07, 6.45) is 4.00. The van der Waals surface area contributed by atoms with Crippen LogP contribution in [-0.2, 0) is 9.53 Å². The van der Waals surface area contributed by atoms with Crippen LogP contribution in [0.5, 0.6) is 0 Å². The largest absolute Gasteiger partial charge is 0.375 e. The predicted octanol–water partition coefficient (Wildman–Crippen LogP) is 1.63. The Bertz CT molecular complexity index is 521. The van der Waals surface area contributed by atoms with Crippen LogP contribution in [0.3, 0.4) is 0 Å². The van der Waals surface area contributed by atoms with Gasteiger partial charge in [-0.3, -0.25) is 9.69 Å². The number of urea groups is 1. The normalized spacial score (nSPS) is 26.3. The molecule has 27 heavy (non-hydrogen) atoms. The molecule has 1 unspecified atom stereocenters.